The number of carbonyl (C=O) groups is 1. The Balaban J connectivity index is 4.07. The SMILES string of the molecule is C#C[C@@H](C)CC(C)(C)CC(=O)OCC. The standard InChI is InChI=1S/C12H20O2/c1-6-10(3)8-12(4,5)9-11(13)14-7-2/h1,10H,7-9H2,2-5H3/t10-/m1/s1. The zero-order valence-electron chi connectivity index (χ0n) is 9.59. The molecule has 0 heterocycles. The molecule has 0 aromatic carbocycles. The zero-order chi connectivity index (χ0) is 11.2. The molecule has 80 valence electrons. The van der Waals surface area contributed by atoms with Crippen LogP contribution in [0.5, 0.6) is 0 Å². The summed E-state index contributed by atoms with van der Waals surface area (Å²) in [5, 5.41) is 0. The van der Waals surface area contributed by atoms with Crippen molar-refractivity contribution in [2.24, 2.45) is 11.3 Å². The summed E-state index contributed by atoms with van der Waals surface area (Å²) >= 11 is 0. The van der Waals surface area contributed by atoms with E-state index in [1.807, 2.05) is 27.7 Å². The first-order valence-corrected chi connectivity index (χ1v) is 5.03. The van der Waals surface area contributed by atoms with Crippen molar-refractivity contribution in [3.8, 4) is 12.3 Å². The van der Waals surface area contributed by atoms with E-state index < -0.39 is 0 Å². The van der Waals surface area contributed by atoms with Gasteiger partial charge in [0.25, 0.3) is 0 Å². The van der Waals surface area contributed by atoms with E-state index in [-0.39, 0.29) is 17.3 Å². The molecule has 2 heteroatoms. The third kappa shape index (κ3) is 5.64. The number of hydrogen-bond acceptors (Lipinski definition) is 2. The fourth-order valence-corrected chi connectivity index (χ4v) is 1.56. The van der Waals surface area contributed by atoms with Crippen molar-refractivity contribution in [3.05, 3.63) is 0 Å². The van der Waals surface area contributed by atoms with Crippen LogP contribution in [0.3, 0.4) is 0 Å². The van der Waals surface area contributed by atoms with Crippen molar-refractivity contribution >= 4 is 5.97 Å². The summed E-state index contributed by atoms with van der Waals surface area (Å²) in [5.74, 6) is 2.74. The molecule has 0 spiro atoms. The number of terminal acetylenes is 1. The summed E-state index contributed by atoms with van der Waals surface area (Å²) < 4.78 is 4.90. The highest BCUT2D eigenvalue weighted by Crippen LogP contribution is 2.29. The average Bonchev–Trinajstić information content (AvgIpc) is 2.02. The van der Waals surface area contributed by atoms with E-state index in [2.05, 4.69) is 5.92 Å². The van der Waals surface area contributed by atoms with Crippen molar-refractivity contribution < 1.29 is 9.53 Å². The molecule has 0 aliphatic heterocycles. The first-order chi connectivity index (χ1) is 6.41. The van der Waals surface area contributed by atoms with E-state index in [0.29, 0.717) is 13.0 Å². The third-order valence-electron chi connectivity index (χ3n) is 2.07. The first kappa shape index (κ1) is 13.0. The lowest BCUT2D eigenvalue weighted by molar-refractivity contribution is -0.145. The largest absolute Gasteiger partial charge is 0.466 e. The lowest BCUT2D eigenvalue weighted by Gasteiger charge is -2.24. The lowest BCUT2D eigenvalue weighted by atomic mass is 9.81. The molecule has 0 aliphatic rings. The Labute approximate surface area is 87.0 Å². The van der Waals surface area contributed by atoms with Gasteiger partial charge in [-0.15, -0.1) is 12.3 Å². The molecule has 0 bridgehead atoms. The molecule has 0 fully saturated rings. The Morgan fingerprint density at radius 2 is 2.14 bits per heavy atom. The second-order valence-corrected chi connectivity index (χ2v) is 4.42. The molecule has 0 saturated heterocycles. The van der Waals surface area contributed by atoms with E-state index in [4.69, 9.17) is 11.2 Å². The smallest absolute Gasteiger partial charge is 0.306 e. The molecule has 0 amide bonds. The first-order valence-electron chi connectivity index (χ1n) is 5.03. The highest BCUT2D eigenvalue weighted by molar-refractivity contribution is 5.70. The summed E-state index contributed by atoms with van der Waals surface area (Å²) in [6.07, 6.45) is 6.59. The van der Waals surface area contributed by atoms with Crippen molar-refractivity contribution in [2.45, 2.75) is 40.5 Å². The molecule has 0 unspecified atom stereocenters. The normalized spacial score (nSPS) is 13.1. The van der Waals surface area contributed by atoms with Crippen LogP contribution in [-0.2, 0) is 9.53 Å². The zero-order valence-corrected chi connectivity index (χ0v) is 9.59. The minimum atomic E-state index is -0.137. The van der Waals surface area contributed by atoms with Gasteiger partial charge in [-0.2, -0.15) is 0 Å². The summed E-state index contributed by atoms with van der Waals surface area (Å²) in [5.41, 5.74) is -0.0714. The van der Waals surface area contributed by atoms with Gasteiger partial charge >= 0.3 is 5.97 Å². The lowest BCUT2D eigenvalue weighted by Crippen LogP contribution is -2.21. The number of esters is 1. The van der Waals surface area contributed by atoms with Gasteiger partial charge in [0.1, 0.15) is 0 Å². The van der Waals surface area contributed by atoms with Crippen molar-refractivity contribution in [3.63, 3.8) is 0 Å². The van der Waals surface area contributed by atoms with Gasteiger partial charge in [0.15, 0.2) is 0 Å². The molecule has 1 atom stereocenters. The predicted molar refractivity (Wildman–Crippen MR) is 57.6 cm³/mol. The van der Waals surface area contributed by atoms with Gasteiger partial charge in [-0.3, -0.25) is 4.79 Å². The molecule has 14 heavy (non-hydrogen) atoms. The van der Waals surface area contributed by atoms with Gasteiger partial charge < -0.3 is 4.74 Å². The van der Waals surface area contributed by atoms with Crippen LogP contribution in [0, 0.1) is 23.7 Å². The molecule has 0 rings (SSSR count). The molecule has 0 saturated carbocycles. The summed E-state index contributed by atoms with van der Waals surface area (Å²) in [6.45, 7) is 8.33. The van der Waals surface area contributed by atoms with Crippen molar-refractivity contribution in [1.82, 2.24) is 0 Å². The van der Waals surface area contributed by atoms with E-state index in [1.54, 1.807) is 0 Å². The maximum absolute atomic E-state index is 11.3. The minimum absolute atomic E-state index is 0.0714. The van der Waals surface area contributed by atoms with Crippen LogP contribution in [-0.4, -0.2) is 12.6 Å². The fourth-order valence-electron chi connectivity index (χ4n) is 1.56. The second kappa shape index (κ2) is 5.70. The molecule has 0 N–H and O–H groups in total. The highest BCUT2D eigenvalue weighted by atomic mass is 16.5. The van der Waals surface area contributed by atoms with Crippen LogP contribution < -0.4 is 0 Å². The van der Waals surface area contributed by atoms with E-state index in [9.17, 15) is 4.79 Å². The van der Waals surface area contributed by atoms with E-state index in [0.717, 1.165) is 6.42 Å². The topological polar surface area (TPSA) is 26.3 Å². The minimum Gasteiger partial charge on any atom is -0.466 e. The Hall–Kier alpha value is -0.970. The summed E-state index contributed by atoms with van der Waals surface area (Å²) in [6, 6.07) is 0. The summed E-state index contributed by atoms with van der Waals surface area (Å²) in [4.78, 5) is 11.3. The van der Waals surface area contributed by atoms with Crippen LogP contribution in [0.25, 0.3) is 0 Å². The molecular formula is C12H20O2. The monoisotopic (exact) mass is 196 g/mol. The Morgan fingerprint density at radius 1 is 1.57 bits per heavy atom. The summed E-state index contributed by atoms with van der Waals surface area (Å²) in [7, 11) is 0. The molecule has 0 aromatic rings. The molecule has 0 aromatic heterocycles. The number of ether oxygens (including phenoxy) is 1. The Kier molecular flexibility index (Phi) is 5.30. The quantitative estimate of drug-likeness (QED) is 0.499. The van der Waals surface area contributed by atoms with Gasteiger partial charge in [0, 0.05) is 5.92 Å². The van der Waals surface area contributed by atoms with Crippen LogP contribution >= 0.6 is 0 Å². The van der Waals surface area contributed by atoms with Crippen molar-refractivity contribution in [1.29, 1.82) is 0 Å². The van der Waals surface area contributed by atoms with Crippen molar-refractivity contribution in [2.75, 3.05) is 6.61 Å². The second-order valence-electron chi connectivity index (χ2n) is 4.42. The Bertz CT molecular complexity index is 223. The van der Waals surface area contributed by atoms with Gasteiger partial charge in [0.2, 0.25) is 0 Å². The number of hydrogen-bond donors (Lipinski definition) is 0. The Morgan fingerprint density at radius 3 is 2.57 bits per heavy atom. The van der Waals surface area contributed by atoms with Gasteiger partial charge in [-0.05, 0) is 18.8 Å². The van der Waals surface area contributed by atoms with E-state index in [1.165, 1.54) is 0 Å². The van der Waals surface area contributed by atoms with E-state index >= 15 is 0 Å². The fraction of sp³-hybridized carbons (Fsp3) is 0.750. The predicted octanol–water partition coefficient (Wildman–Crippen LogP) is 2.63. The van der Waals surface area contributed by atoms with Crippen LogP contribution in [0.4, 0.5) is 0 Å². The van der Waals surface area contributed by atoms with Crippen LogP contribution in [0.2, 0.25) is 0 Å². The number of carbonyl (C=O) groups excluding carboxylic acids is 1. The maximum atomic E-state index is 11.3. The third-order valence-corrected chi connectivity index (χ3v) is 2.07. The van der Waals surface area contributed by atoms with Gasteiger partial charge in [-0.25, -0.2) is 0 Å². The van der Waals surface area contributed by atoms with Crippen LogP contribution in [0.15, 0.2) is 0 Å². The number of rotatable bonds is 5. The molecule has 0 aliphatic carbocycles. The highest BCUT2D eigenvalue weighted by Gasteiger charge is 2.24. The van der Waals surface area contributed by atoms with Gasteiger partial charge in [-0.1, -0.05) is 20.8 Å². The van der Waals surface area contributed by atoms with Gasteiger partial charge in [0.05, 0.1) is 13.0 Å². The average molecular weight is 196 g/mol. The van der Waals surface area contributed by atoms with Crippen LogP contribution in [0.1, 0.15) is 40.5 Å². The molecule has 0 radical (unpaired) electrons. The maximum Gasteiger partial charge on any atom is 0.306 e. The molecule has 2 nitrogen and oxygen atoms in total. The molecular weight excluding hydrogens is 176 g/mol.